The van der Waals surface area contributed by atoms with Gasteiger partial charge >= 0.3 is 16.3 Å². The highest BCUT2D eigenvalue weighted by Crippen LogP contribution is 2.30. The monoisotopic (exact) mass is 499 g/mol. The zero-order valence-corrected chi connectivity index (χ0v) is 20.1. The Morgan fingerprint density at radius 2 is 1.78 bits per heavy atom. The molecule has 0 unspecified atom stereocenters. The zero-order chi connectivity index (χ0) is 23.7. The van der Waals surface area contributed by atoms with Crippen molar-refractivity contribution in [1.29, 1.82) is 0 Å². The number of benzene rings is 2. The predicted octanol–water partition coefficient (Wildman–Crippen LogP) is 4.94. The van der Waals surface area contributed by atoms with Crippen LogP contribution in [0.2, 0.25) is 10.0 Å². The van der Waals surface area contributed by atoms with Crippen LogP contribution in [0.15, 0.2) is 42.5 Å². The first-order valence-electron chi connectivity index (χ1n) is 9.78. The number of carbonyl (C=O) groups is 2. The minimum atomic E-state index is -4.21. The Morgan fingerprint density at radius 3 is 2.44 bits per heavy atom. The molecule has 1 fully saturated rings. The summed E-state index contributed by atoms with van der Waals surface area (Å²) in [5, 5.41) is 3.28. The highest BCUT2D eigenvalue weighted by atomic mass is 35.5. The van der Waals surface area contributed by atoms with Crippen molar-refractivity contribution in [1.82, 2.24) is 4.31 Å². The highest BCUT2D eigenvalue weighted by Gasteiger charge is 2.39. The maximum Gasteiger partial charge on any atom is 0.425 e. The molecule has 2 amide bonds. The van der Waals surface area contributed by atoms with E-state index in [9.17, 15) is 18.0 Å². The van der Waals surface area contributed by atoms with E-state index >= 15 is 0 Å². The Bertz CT molecular complexity index is 1150. The van der Waals surface area contributed by atoms with Crippen LogP contribution in [0.5, 0.6) is 0 Å². The maximum absolute atomic E-state index is 13.1. The Balaban J connectivity index is 1.89. The van der Waals surface area contributed by atoms with Crippen LogP contribution in [0.1, 0.15) is 37.6 Å². The van der Waals surface area contributed by atoms with Crippen molar-refractivity contribution >= 4 is 56.8 Å². The molecule has 0 aliphatic carbocycles. The summed E-state index contributed by atoms with van der Waals surface area (Å²) in [5.41, 5.74) is -0.0981. The topological polar surface area (TPSA) is 96.0 Å². The fourth-order valence-electron chi connectivity index (χ4n) is 3.08. The van der Waals surface area contributed by atoms with Crippen molar-refractivity contribution in [2.45, 2.75) is 32.8 Å². The highest BCUT2D eigenvalue weighted by molar-refractivity contribution is 7.91. The maximum atomic E-state index is 13.1. The average molecular weight is 500 g/mol. The van der Waals surface area contributed by atoms with Crippen LogP contribution in [-0.4, -0.2) is 43.4 Å². The third-order valence-corrected chi connectivity index (χ3v) is 6.85. The number of amides is 2. The van der Waals surface area contributed by atoms with E-state index in [0.717, 1.165) is 4.31 Å². The summed E-state index contributed by atoms with van der Waals surface area (Å²) in [6, 6.07) is 10.9. The minimum absolute atomic E-state index is 0.00342. The number of anilines is 2. The lowest BCUT2D eigenvalue weighted by molar-refractivity contribution is 0.0384. The second-order valence-corrected chi connectivity index (χ2v) is 10.7. The molecule has 1 heterocycles. The molecule has 1 aliphatic heterocycles. The Labute approximate surface area is 197 Å². The lowest BCUT2D eigenvalue weighted by atomic mass is 10.1. The van der Waals surface area contributed by atoms with Crippen LogP contribution in [0.25, 0.3) is 0 Å². The van der Waals surface area contributed by atoms with Crippen molar-refractivity contribution in [2.75, 3.05) is 22.7 Å². The third-order valence-electron chi connectivity index (χ3n) is 4.44. The predicted molar refractivity (Wildman–Crippen MR) is 125 cm³/mol. The summed E-state index contributed by atoms with van der Waals surface area (Å²) in [7, 11) is -4.21. The molecule has 2 aromatic carbocycles. The third kappa shape index (κ3) is 5.46. The molecule has 0 spiro atoms. The van der Waals surface area contributed by atoms with E-state index in [1.807, 2.05) is 0 Å². The summed E-state index contributed by atoms with van der Waals surface area (Å²) in [6.07, 6.45) is -0.555. The van der Waals surface area contributed by atoms with Crippen LogP contribution in [0.3, 0.4) is 0 Å². The van der Waals surface area contributed by atoms with Gasteiger partial charge in [0.1, 0.15) is 5.60 Å². The van der Waals surface area contributed by atoms with E-state index in [1.54, 1.807) is 45.0 Å². The van der Waals surface area contributed by atoms with Crippen LogP contribution in [-0.2, 0) is 14.9 Å². The molecule has 0 aromatic heterocycles. The van der Waals surface area contributed by atoms with Gasteiger partial charge in [0.15, 0.2) is 0 Å². The van der Waals surface area contributed by atoms with Gasteiger partial charge in [-0.1, -0.05) is 29.3 Å². The summed E-state index contributed by atoms with van der Waals surface area (Å²) in [5.74, 6) is -0.530. The fourth-order valence-corrected chi connectivity index (χ4v) is 5.03. The van der Waals surface area contributed by atoms with Crippen LogP contribution in [0.4, 0.5) is 16.2 Å². The quantitative estimate of drug-likeness (QED) is 0.644. The summed E-state index contributed by atoms with van der Waals surface area (Å²) >= 11 is 12.2. The van der Waals surface area contributed by atoms with Gasteiger partial charge in [0.05, 0.1) is 16.3 Å². The lowest BCUT2D eigenvalue weighted by Crippen LogP contribution is -2.53. The normalized spacial score (nSPS) is 15.9. The molecule has 1 N–H and O–H groups in total. The van der Waals surface area contributed by atoms with Crippen molar-refractivity contribution in [2.24, 2.45) is 0 Å². The van der Waals surface area contributed by atoms with Gasteiger partial charge in [0.25, 0.3) is 5.91 Å². The molecule has 172 valence electrons. The van der Waals surface area contributed by atoms with E-state index in [-0.39, 0.29) is 29.4 Å². The van der Waals surface area contributed by atoms with E-state index in [0.29, 0.717) is 21.4 Å². The molecule has 0 saturated carbocycles. The number of halogens is 2. The second kappa shape index (κ2) is 9.17. The molecule has 11 heteroatoms. The fraction of sp³-hybridized carbons (Fsp3) is 0.333. The standard InChI is InChI=1S/C21H23Cl2N3O5S/c1-21(2,3)31-20(28)26-11-5-10-25(32(26,29)30)16-8-9-18(23)17(13-16)19(27)24-15-7-4-6-14(22)12-15/h4,6-9,12-13H,5,10-11H2,1-3H3,(H,24,27). The number of nitrogens with zero attached hydrogens (tertiary/aromatic N) is 2. The van der Waals surface area contributed by atoms with Gasteiger partial charge in [-0.15, -0.1) is 0 Å². The van der Waals surface area contributed by atoms with E-state index in [2.05, 4.69) is 5.32 Å². The van der Waals surface area contributed by atoms with Gasteiger partial charge < -0.3 is 10.1 Å². The molecule has 1 saturated heterocycles. The zero-order valence-electron chi connectivity index (χ0n) is 17.8. The SMILES string of the molecule is CC(C)(C)OC(=O)N1CCCN(c2ccc(Cl)c(C(=O)Nc3cccc(Cl)c3)c2)S1(=O)=O. The van der Waals surface area contributed by atoms with Gasteiger partial charge in [0.2, 0.25) is 0 Å². The average Bonchev–Trinajstić information content (AvgIpc) is 2.66. The molecular weight excluding hydrogens is 477 g/mol. The molecular formula is C21H23Cl2N3O5S. The molecule has 3 rings (SSSR count). The van der Waals surface area contributed by atoms with E-state index in [4.69, 9.17) is 27.9 Å². The van der Waals surface area contributed by atoms with E-state index in [1.165, 1.54) is 18.2 Å². The first-order valence-corrected chi connectivity index (χ1v) is 11.9. The number of carbonyl (C=O) groups excluding carboxylic acids is 2. The van der Waals surface area contributed by atoms with Crippen molar-refractivity contribution in [3.63, 3.8) is 0 Å². The minimum Gasteiger partial charge on any atom is -0.443 e. The molecule has 1 aliphatic rings. The molecule has 0 bridgehead atoms. The molecule has 0 atom stereocenters. The largest absolute Gasteiger partial charge is 0.443 e. The van der Waals surface area contributed by atoms with Crippen LogP contribution < -0.4 is 9.62 Å². The summed E-state index contributed by atoms with van der Waals surface area (Å²) in [6.45, 7) is 5.11. The van der Waals surface area contributed by atoms with Gasteiger partial charge in [-0.05, 0) is 63.6 Å². The van der Waals surface area contributed by atoms with Gasteiger partial charge in [-0.25, -0.2) is 4.79 Å². The van der Waals surface area contributed by atoms with E-state index < -0.39 is 27.8 Å². The molecule has 8 nitrogen and oxygen atoms in total. The van der Waals surface area contributed by atoms with Gasteiger partial charge in [-0.2, -0.15) is 12.7 Å². The van der Waals surface area contributed by atoms with Gasteiger partial charge in [-0.3, -0.25) is 9.10 Å². The second-order valence-electron chi connectivity index (χ2n) is 8.11. The summed E-state index contributed by atoms with van der Waals surface area (Å²) < 4.78 is 33.3. The van der Waals surface area contributed by atoms with Crippen molar-refractivity contribution < 1.29 is 22.7 Å². The first kappa shape index (κ1) is 24.2. The van der Waals surface area contributed by atoms with Gasteiger partial charge in [0, 0.05) is 23.8 Å². The van der Waals surface area contributed by atoms with Crippen molar-refractivity contribution in [3.8, 4) is 0 Å². The smallest absolute Gasteiger partial charge is 0.425 e. The number of hydrogen-bond donors (Lipinski definition) is 1. The first-order chi connectivity index (χ1) is 14.9. The molecule has 32 heavy (non-hydrogen) atoms. The number of rotatable bonds is 3. The van der Waals surface area contributed by atoms with Crippen LogP contribution in [0, 0.1) is 0 Å². The number of hydrogen-bond acceptors (Lipinski definition) is 5. The Hall–Kier alpha value is -2.49. The molecule has 0 radical (unpaired) electrons. The Kier molecular flexibility index (Phi) is 6.92. The van der Waals surface area contributed by atoms with Crippen molar-refractivity contribution in [3.05, 3.63) is 58.1 Å². The van der Waals surface area contributed by atoms with Crippen LogP contribution >= 0.6 is 23.2 Å². The number of ether oxygens (including phenoxy) is 1. The molecule has 2 aromatic rings. The number of nitrogens with one attached hydrogen (secondary N) is 1. The lowest BCUT2D eigenvalue weighted by Gasteiger charge is -2.36. The summed E-state index contributed by atoms with van der Waals surface area (Å²) in [4.78, 5) is 25.2. The Morgan fingerprint density at radius 1 is 1.06 bits per heavy atom.